The van der Waals surface area contributed by atoms with Crippen molar-refractivity contribution in [3.8, 4) is 0 Å². The molecule has 113 valence electrons. The third-order valence-electron chi connectivity index (χ3n) is 3.04. The molecule has 0 saturated carbocycles. The van der Waals surface area contributed by atoms with E-state index in [1.165, 1.54) is 7.11 Å². The number of aromatic nitrogens is 1. The van der Waals surface area contributed by atoms with Gasteiger partial charge in [-0.3, -0.25) is 0 Å². The Labute approximate surface area is 164 Å². The van der Waals surface area contributed by atoms with Gasteiger partial charge in [0.15, 0.2) is 5.69 Å². The molecule has 0 bridgehead atoms. The van der Waals surface area contributed by atoms with E-state index < -0.39 is 5.97 Å². The SMILES string of the molecule is COC(=O)c1nc(Cl)c(Cl)c(C)c1Nc1cc[c-]cc1C.[Y]. The average molecular weight is 413 g/mol. The molecular formula is C15H13Cl2N2O2Y-. The first-order chi connectivity index (χ1) is 9.95. The van der Waals surface area contributed by atoms with Crippen LogP contribution in [0.4, 0.5) is 11.4 Å². The van der Waals surface area contributed by atoms with Gasteiger partial charge in [-0.1, -0.05) is 35.8 Å². The van der Waals surface area contributed by atoms with E-state index in [-0.39, 0.29) is 43.6 Å². The van der Waals surface area contributed by atoms with Gasteiger partial charge in [0.25, 0.3) is 0 Å². The minimum atomic E-state index is -0.584. The number of nitrogens with zero attached hydrogens (tertiary/aromatic N) is 1. The number of hydrogen-bond acceptors (Lipinski definition) is 4. The van der Waals surface area contributed by atoms with Gasteiger partial charge in [-0.05, 0) is 12.5 Å². The molecule has 0 amide bonds. The maximum absolute atomic E-state index is 11.9. The maximum atomic E-state index is 11.9. The van der Waals surface area contributed by atoms with Crippen molar-refractivity contribution < 1.29 is 42.2 Å². The minimum Gasteiger partial charge on any atom is -0.464 e. The number of hydrogen-bond donors (Lipinski definition) is 1. The Kier molecular flexibility index (Phi) is 7.27. The van der Waals surface area contributed by atoms with Crippen LogP contribution in [0.3, 0.4) is 0 Å². The fourth-order valence-corrected chi connectivity index (χ4v) is 2.19. The first-order valence-corrected chi connectivity index (χ1v) is 6.89. The van der Waals surface area contributed by atoms with Crippen molar-refractivity contribution in [1.82, 2.24) is 4.98 Å². The van der Waals surface area contributed by atoms with Gasteiger partial charge in [-0.2, -0.15) is 18.2 Å². The van der Waals surface area contributed by atoms with Gasteiger partial charge in [0.05, 0.1) is 17.8 Å². The number of anilines is 2. The molecule has 0 saturated heterocycles. The van der Waals surface area contributed by atoms with Gasteiger partial charge in [0.2, 0.25) is 0 Å². The Morgan fingerprint density at radius 2 is 2.05 bits per heavy atom. The van der Waals surface area contributed by atoms with Crippen LogP contribution in [0.5, 0.6) is 0 Å². The molecule has 0 aliphatic heterocycles. The monoisotopic (exact) mass is 412 g/mol. The molecule has 1 aromatic heterocycles. The molecular weight excluding hydrogens is 400 g/mol. The summed E-state index contributed by atoms with van der Waals surface area (Å²) in [5, 5.41) is 3.53. The number of pyridine rings is 1. The Bertz CT molecular complexity index is 708. The first-order valence-electron chi connectivity index (χ1n) is 6.13. The quantitative estimate of drug-likeness (QED) is 0.463. The van der Waals surface area contributed by atoms with Crippen molar-refractivity contribution >= 4 is 40.5 Å². The Hall–Kier alpha value is -0.676. The van der Waals surface area contributed by atoms with Gasteiger partial charge in [0, 0.05) is 32.7 Å². The fraction of sp³-hybridized carbons (Fsp3) is 0.200. The van der Waals surface area contributed by atoms with Crippen LogP contribution in [-0.4, -0.2) is 18.1 Å². The van der Waals surface area contributed by atoms with Gasteiger partial charge < -0.3 is 10.1 Å². The molecule has 2 aromatic rings. The van der Waals surface area contributed by atoms with E-state index in [4.69, 9.17) is 27.9 Å². The second kappa shape index (κ2) is 8.25. The largest absolute Gasteiger partial charge is 0.464 e. The smallest absolute Gasteiger partial charge is 0.358 e. The molecule has 0 atom stereocenters. The molecule has 22 heavy (non-hydrogen) atoms. The zero-order valence-electron chi connectivity index (χ0n) is 12.3. The molecule has 4 nitrogen and oxygen atoms in total. The number of rotatable bonds is 3. The second-order valence-corrected chi connectivity index (χ2v) is 5.16. The number of carbonyl (C=O) groups is 1. The third-order valence-corrected chi connectivity index (χ3v) is 3.87. The zero-order valence-corrected chi connectivity index (χ0v) is 16.7. The van der Waals surface area contributed by atoms with Crippen molar-refractivity contribution in [2.24, 2.45) is 0 Å². The molecule has 2 rings (SSSR count). The van der Waals surface area contributed by atoms with E-state index in [2.05, 4.69) is 16.4 Å². The van der Waals surface area contributed by atoms with Crippen LogP contribution in [0.15, 0.2) is 18.2 Å². The Morgan fingerprint density at radius 3 is 2.64 bits per heavy atom. The molecule has 1 radical (unpaired) electrons. The Morgan fingerprint density at radius 1 is 1.36 bits per heavy atom. The summed E-state index contributed by atoms with van der Waals surface area (Å²) in [6.07, 6.45) is 0. The number of methoxy groups -OCH3 is 1. The molecule has 1 aromatic carbocycles. The number of halogens is 2. The van der Waals surface area contributed by atoms with E-state index in [0.717, 1.165) is 11.3 Å². The predicted octanol–water partition coefficient (Wildman–Crippen LogP) is 4.33. The first kappa shape index (κ1) is 19.4. The normalized spacial score (nSPS) is 9.86. The minimum absolute atomic E-state index is 0. The van der Waals surface area contributed by atoms with Crippen LogP contribution >= 0.6 is 23.2 Å². The van der Waals surface area contributed by atoms with Crippen LogP contribution in [0.2, 0.25) is 10.2 Å². The maximum Gasteiger partial charge on any atom is 0.358 e. The van der Waals surface area contributed by atoms with Crippen LogP contribution in [0, 0.1) is 19.9 Å². The summed E-state index contributed by atoms with van der Waals surface area (Å²) in [5.74, 6) is -0.584. The van der Waals surface area contributed by atoms with Crippen molar-refractivity contribution in [2.45, 2.75) is 13.8 Å². The summed E-state index contributed by atoms with van der Waals surface area (Å²) in [6.45, 7) is 3.69. The molecule has 1 N–H and O–H groups in total. The molecule has 0 fully saturated rings. The predicted molar refractivity (Wildman–Crippen MR) is 83.6 cm³/mol. The van der Waals surface area contributed by atoms with Gasteiger partial charge >= 0.3 is 5.97 Å². The number of benzene rings is 1. The number of aryl methyl sites for hydroxylation is 1. The molecule has 0 aliphatic rings. The summed E-state index contributed by atoms with van der Waals surface area (Å²) in [5.41, 5.74) is 2.99. The average Bonchev–Trinajstić information content (AvgIpc) is 2.48. The van der Waals surface area contributed by atoms with E-state index in [1.807, 2.05) is 19.1 Å². The number of esters is 1. The van der Waals surface area contributed by atoms with Crippen LogP contribution in [-0.2, 0) is 37.4 Å². The van der Waals surface area contributed by atoms with Crippen LogP contribution in [0.25, 0.3) is 0 Å². The molecule has 0 spiro atoms. The van der Waals surface area contributed by atoms with E-state index in [9.17, 15) is 4.79 Å². The van der Waals surface area contributed by atoms with Gasteiger partial charge in [-0.15, -0.1) is 11.6 Å². The van der Waals surface area contributed by atoms with E-state index >= 15 is 0 Å². The van der Waals surface area contributed by atoms with Crippen molar-refractivity contribution in [3.05, 3.63) is 51.3 Å². The third kappa shape index (κ3) is 3.99. The number of carbonyl (C=O) groups excluding carboxylic acids is 1. The Balaban J connectivity index is 0.00000242. The summed E-state index contributed by atoms with van der Waals surface area (Å²) in [4.78, 5) is 15.9. The fourth-order valence-electron chi connectivity index (χ4n) is 1.83. The van der Waals surface area contributed by atoms with Crippen molar-refractivity contribution in [1.29, 1.82) is 0 Å². The summed E-state index contributed by atoms with van der Waals surface area (Å²) >= 11 is 12.1. The topological polar surface area (TPSA) is 51.2 Å². The van der Waals surface area contributed by atoms with Crippen molar-refractivity contribution in [3.63, 3.8) is 0 Å². The molecule has 0 aliphatic carbocycles. The summed E-state index contributed by atoms with van der Waals surface area (Å²) in [7, 11) is 1.29. The summed E-state index contributed by atoms with van der Waals surface area (Å²) in [6, 6.07) is 8.43. The molecule has 1 heterocycles. The van der Waals surface area contributed by atoms with Gasteiger partial charge in [0.1, 0.15) is 5.15 Å². The second-order valence-electron chi connectivity index (χ2n) is 4.42. The zero-order chi connectivity index (χ0) is 15.6. The molecule has 7 heteroatoms. The number of nitrogens with one attached hydrogen (secondary N) is 1. The van der Waals surface area contributed by atoms with Crippen LogP contribution in [0.1, 0.15) is 21.6 Å². The summed E-state index contributed by atoms with van der Waals surface area (Å²) < 4.78 is 4.75. The van der Waals surface area contributed by atoms with Crippen LogP contribution < -0.4 is 5.32 Å². The van der Waals surface area contributed by atoms with E-state index in [1.54, 1.807) is 13.0 Å². The molecule has 0 unspecified atom stereocenters. The van der Waals surface area contributed by atoms with Gasteiger partial charge in [-0.25, -0.2) is 9.78 Å². The van der Waals surface area contributed by atoms with E-state index in [0.29, 0.717) is 16.3 Å². The number of ether oxygens (including phenoxy) is 1. The van der Waals surface area contributed by atoms with Crippen molar-refractivity contribution in [2.75, 3.05) is 12.4 Å². The standard InChI is InChI=1S/C15H13Cl2N2O2.Y/c1-8-6-4-5-7-10(8)18-12-9(2)11(16)14(17)19-13(12)15(20)21-3;/h5-7,18H,1-3H3;/q-1;.